The highest BCUT2D eigenvalue weighted by Crippen LogP contribution is 2.35. The molecule has 0 fully saturated rings. The molecule has 10 nitrogen and oxygen atoms in total. The van der Waals surface area contributed by atoms with Crippen molar-refractivity contribution in [2.45, 2.75) is 6.61 Å². The van der Waals surface area contributed by atoms with Gasteiger partial charge in [-0.05, 0) is 6.07 Å². The van der Waals surface area contributed by atoms with Gasteiger partial charge in [-0.1, -0.05) is 17.7 Å². The summed E-state index contributed by atoms with van der Waals surface area (Å²) in [6.07, 6.45) is 0. The van der Waals surface area contributed by atoms with Gasteiger partial charge in [-0.25, -0.2) is 23.8 Å². The molecule has 0 aliphatic heterocycles. The van der Waals surface area contributed by atoms with Gasteiger partial charge in [-0.3, -0.25) is 0 Å². The molecule has 0 atom stereocenters. The van der Waals surface area contributed by atoms with E-state index in [0.29, 0.717) is 10.5 Å². The molecular weight excluding hydrogens is 561 g/mol. The molecule has 4 rings (SSSR count). The smallest absolute Gasteiger partial charge is 0.349 e. The summed E-state index contributed by atoms with van der Waals surface area (Å²) in [6.45, 7) is 0.0682. The van der Waals surface area contributed by atoms with Crippen LogP contribution in [0.3, 0.4) is 0 Å². The summed E-state index contributed by atoms with van der Waals surface area (Å²) in [7, 11) is 3.64. The van der Waals surface area contributed by atoms with E-state index in [0.717, 1.165) is 41.9 Å². The predicted molar refractivity (Wildman–Crippen MR) is 142 cm³/mol. The first-order chi connectivity index (χ1) is 18.3. The summed E-state index contributed by atoms with van der Waals surface area (Å²) in [4.78, 5) is 41.2. The number of fused-ring (bicyclic) bond motifs is 1. The number of rotatable bonds is 8. The van der Waals surface area contributed by atoms with Crippen molar-refractivity contribution in [3.63, 3.8) is 0 Å². The number of amides is 2. The number of benzene rings is 2. The Morgan fingerprint density at radius 2 is 1.74 bits per heavy atom. The van der Waals surface area contributed by atoms with Crippen LogP contribution < -0.4 is 20.1 Å². The normalized spacial score (nSPS) is 10.7. The fourth-order valence-electron chi connectivity index (χ4n) is 3.42. The van der Waals surface area contributed by atoms with Crippen LogP contribution in [0.5, 0.6) is 11.5 Å². The minimum Gasteiger partial charge on any atom is -0.493 e. The van der Waals surface area contributed by atoms with Crippen LogP contribution in [-0.2, 0) is 16.1 Å². The molecule has 2 aromatic heterocycles. The third-order valence-electron chi connectivity index (χ3n) is 5.20. The van der Waals surface area contributed by atoms with E-state index >= 15 is 0 Å². The number of urea groups is 1. The van der Waals surface area contributed by atoms with E-state index in [1.54, 1.807) is 17.6 Å². The quantitative estimate of drug-likeness (QED) is 0.245. The number of hydrogen-bond acceptors (Lipinski definition) is 10. The largest absolute Gasteiger partial charge is 0.493 e. The van der Waals surface area contributed by atoms with Gasteiger partial charge < -0.3 is 29.6 Å². The van der Waals surface area contributed by atoms with Crippen LogP contribution in [0.4, 0.5) is 20.6 Å². The molecule has 0 aliphatic carbocycles. The van der Waals surface area contributed by atoms with Crippen molar-refractivity contribution in [1.82, 2.24) is 4.98 Å². The lowest BCUT2D eigenvalue weighted by Gasteiger charge is -2.15. The SMILES string of the molecule is COC(=O)c1scc(NC(=O)Nc2cc(OCc3ccc(Cl)c4scnc34)c(OC)cc2F)c1C(=O)OC. The highest BCUT2D eigenvalue weighted by Gasteiger charge is 2.26. The molecule has 2 aromatic carbocycles. The third kappa shape index (κ3) is 5.49. The highest BCUT2D eigenvalue weighted by atomic mass is 35.5. The maximum atomic E-state index is 14.8. The van der Waals surface area contributed by atoms with Gasteiger partial charge in [-0.2, -0.15) is 0 Å². The van der Waals surface area contributed by atoms with E-state index in [1.165, 1.54) is 29.9 Å². The van der Waals surface area contributed by atoms with E-state index in [1.807, 2.05) is 0 Å². The lowest BCUT2D eigenvalue weighted by molar-refractivity contribution is 0.0561. The molecule has 38 heavy (non-hydrogen) atoms. The Kier molecular flexibility index (Phi) is 8.29. The van der Waals surface area contributed by atoms with E-state index < -0.39 is 23.8 Å². The summed E-state index contributed by atoms with van der Waals surface area (Å²) < 4.78 is 36.1. The van der Waals surface area contributed by atoms with Crippen LogP contribution in [0.15, 0.2) is 35.2 Å². The number of aromatic nitrogens is 1. The summed E-state index contributed by atoms with van der Waals surface area (Å²) in [5, 5.41) is 6.72. The number of thiazole rings is 1. The topological polar surface area (TPSA) is 125 Å². The number of nitrogens with one attached hydrogen (secondary N) is 2. The van der Waals surface area contributed by atoms with Gasteiger partial charge in [0.05, 0.1) is 53.5 Å². The maximum absolute atomic E-state index is 14.8. The van der Waals surface area contributed by atoms with E-state index in [4.69, 9.17) is 25.8 Å². The van der Waals surface area contributed by atoms with Crippen molar-refractivity contribution in [2.75, 3.05) is 32.0 Å². The Balaban J connectivity index is 1.55. The lowest BCUT2D eigenvalue weighted by Crippen LogP contribution is -2.22. The molecule has 0 saturated heterocycles. The molecule has 0 unspecified atom stereocenters. The van der Waals surface area contributed by atoms with Gasteiger partial charge in [0, 0.05) is 23.1 Å². The monoisotopic (exact) mass is 579 g/mol. The van der Waals surface area contributed by atoms with E-state index in [-0.39, 0.29) is 39.9 Å². The molecule has 198 valence electrons. The van der Waals surface area contributed by atoms with Crippen LogP contribution in [0, 0.1) is 5.82 Å². The molecular formula is C24H19ClFN3O7S2. The summed E-state index contributed by atoms with van der Waals surface area (Å²) in [6, 6.07) is 4.94. The second kappa shape index (κ2) is 11.6. The highest BCUT2D eigenvalue weighted by molar-refractivity contribution is 7.17. The van der Waals surface area contributed by atoms with Gasteiger partial charge in [0.2, 0.25) is 0 Å². The molecule has 0 aliphatic rings. The van der Waals surface area contributed by atoms with Crippen LogP contribution in [0.1, 0.15) is 25.6 Å². The Morgan fingerprint density at radius 1 is 1.00 bits per heavy atom. The first-order valence-corrected chi connectivity index (χ1v) is 12.8. The fraction of sp³-hybridized carbons (Fsp3) is 0.167. The first-order valence-electron chi connectivity index (χ1n) is 10.6. The van der Waals surface area contributed by atoms with Crippen LogP contribution in [-0.4, -0.2) is 44.3 Å². The van der Waals surface area contributed by atoms with Gasteiger partial charge >= 0.3 is 18.0 Å². The molecule has 2 heterocycles. The van der Waals surface area contributed by atoms with Crippen molar-refractivity contribution < 1.29 is 37.7 Å². The average Bonchev–Trinajstić information content (AvgIpc) is 3.57. The zero-order valence-electron chi connectivity index (χ0n) is 20.0. The molecule has 4 aromatic rings. The Hall–Kier alpha value is -3.94. The maximum Gasteiger partial charge on any atom is 0.349 e. The summed E-state index contributed by atoms with van der Waals surface area (Å²) in [5.74, 6) is -2.18. The third-order valence-corrected chi connectivity index (χ3v) is 7.45. The number of ether oxygens (including phenoxy) is 4. The van der Waals surface area contributed by atoms with Gasteiger partial charge in [0.25, 0.3) is 0 Å². The van der Waals surface area contributed by atoms with Crippen molar-refractivity contribution in [3.05, 3.63) is 62.0 Å². The van der Waals surface area contributed by atoms with E-state index in [9.17, 15) is 18.8 Å². The predicted octanol–water partition coefficient (Wildman–Crippen LogP) is 5.96. The van der Waals surface area contributed by atoms with Crippen LogP contribution in [0.25, 0.3) is 10.2 Å². The second-order valence-corrected chi connectivity index (χ2v) is 9.57. The van der Waals surface area contributed by atoms with Crippen LogP contribution in [0.2, 0.25) is 5.02 Å². The first kappa shape index (κ1) is 27.1. The van der Waals surface area contributed by atoms with Crippen molar-refractivity contribution in [1.29, 1.82) is 0 Å². The zero-order valence-corrected chi connectivity index (χ0v) is 22.4. The number of anilines is 2. The standard InChI is InChI=1S/C24H19ClFN3O7S2/c1-33-16-6-13(26)14(7-17(16)36-8-11-4-5-12(25)20-19(11)27-10-38-20)28-24(32)29-15-9-37-21(23(31)35-3)18(15)22(30)34-2/h4-7,9-10H,8H2,1-3H3,(H2,28,29,32). The lowest BCUT2D eigenvalue weighted by atomic mass is 10.2. The molecule has 14 heteroatoms. The number of methoxy groups -OCH3 is 3. The van der Waals surface area contributed by atoms with Gasteiger partial charge in [-0.15, -0.1) is 22.7 Å². The fourth-order valence-corrected chi connectivity index (χ4v) is 5.35. The minimum atomic E-state index is -0.888. The summed E-state index contributed by atoms with van der Waals surface area (Å²) >= 11 is 8.49. The zero-order chi connectivity index (χ0) is 27.4. The number of carbonyl (C=O) groups excluding carboxylic acids is 3. The second-order valence-electron chi connectivity index (χ2n) is 7.42. The molecule has 0 spiro atoms. The Morgan fingerprint density at radius 3 is 2.45 bits per heavy atom. The van der Waals surface area contributed by atoms with Crippen LogP contribution >= 0.6 is 34.3 Å². The van der Waals surface area contributed by atoms with Gasteiger partial charge in [0.15, 0.2) is 17.3 Å². The molecule has 2 amide bonds. The molecule has 2 N–H and O–H groups in total. The minimum absolute atomic E-state index is 0.0137. The number of nitrogens with zero attached hydrogens (tertiary/aromatic N) is 1. The number of thiophene rings is 1. The van der Waals surface area contributed by atoms with Crippen molar-refractivity contribution in [2.24, 2.45) is 0 Å². The number of carbonyl (C=O) groups is 3. The Bertz CT molecular complexity index is 1540. The molecule has 0 radical (unpaired) electrons. The van der Waals surface area contributed by atoms with Crippen molar-refractivity contribution in [3.8, 4) is 11.5 Å². The van der Waals surface area contributed by atoms with Gasteiger partial charge in [0.1, 0.15) is 17.0 Å². The molecule has 0 bridgehead atoms. The summed E-state index contributed by atoms with van der Waals surface area (Å²) in [5.41, 5.74) is 2.68. The average molecular weight is 580 g/mol. The number of halogens is 2. The number of hydrogen-bond donors (Lipinski definition) is 2. The Labute approximate surface area is 228 Å². The van der Waals surface area contributed by atoms with Crippen molar-refractivity contribution >= 4 is 73.8 Å². The number of esters is 2. The molecule has 0 saturated carbocycles. The van der Waals surface area contributed by atoms with E-state index in [2.05, 4.69) is 20.4 Å².